The van der Waals surface area contributed by atoms with E-state index < -0.39 is 5.91 Å². The van der Waals surface area contributed by atoms with Crippen LogP contribution in [0.1, 0.15) is 22.8 Å². The molecular weight excluding hydrogens is 405 g/mol. The predicted molar refractivity (Wildman–Crippen MR) is 94.6 cm³/mol. The van der Waals surface area contributed by atoms with Gasteiger partial charge in [0.25, 0.3) is 0 Å². The Morgan fingerprint density at radius 1 is 1.17 bits per heavy atom. The van der Waals surface area contributed by atoms with E-state index in [0.29, 0.717) is 38.2 Å². The third kappa shape index (κ3) is 4.53. The lowest BCUT2D eigenvalue weighted by atomic mass is 10.2. The summed E-state index contributed by atoms with van der Waals surface area (Å²) in [4.78, 5) is 11.3. The maximum Gasteiger partial charge on any atom is 0.248 e. The van der Waals surface area contributed by atoms with Crippen LogP contribution in [0.5, 0.6) is 11.5 Å². The number of carbonyl (C=O) groups is 1. The standard InChI is InChI=1S/C16H14BrCl2NO3/c1-2-22-14-7-10(16(20)21)6-11(17)15(14)23-8-9-3-4-12(18)13(19)5-9/h3-7H,2,8H2,1H3,(H2,20,21). The van der Waals surface area contributed by atoms with Crippen molar-refractivity contribution in [3.63, 3.8) is 0 Å². The zero-order chi connectivity index (χ0) is 17.0. The zero-order valence-electron chi connectivity index (χ0n) is 12.2. The number of ether oxygens (including phenoxy) is 2. The second-order valence-corrected chi connectivity index (χ2v) is 6.29. The van der Waals surface area contributed by atoms with Crippen molar-refractivity contribution in [3.8, 4) is 11.5 Å². The highest BCUT2D eigenvalue weighted by Crippen LogP contribution is 2.37. The molecular formula is C16H14BrCl2NO3. The molecule has 7 heteroatoms. The molecule has 0 saturated carbocycles. The second kappa shape index (κ2) is 7.90. The van der Waals surface area contributed by atoms with Crippen molar-refractivity contribution < 1.29 is 14.3 Å². The van der Waals surface area contributed by atoms with Crippen molar-refractivity contribution in [1.82, 2.24) is 0 Å². The highest BCUT2D eigenvalue weighted by Gasteiger charge is 2.15. The van der Waals surface area contributed by atoms with Crippen LogP contribution in [0.15, 0.2) is 34.8 Å². The monoisotopic (exact) mass is 417 g/mol. The Kier molecular flexibility index (Phi) is 6.16. The summed E-state index contributed by atoms with van der Waals surface area (Å²) < 4.78 is 11.9. The van der Waals surface area contributed by atoms with Crippen molar-refractivity contribution in [2.75, 3.05) is 6.61 Å². The largest absolute Gasteiger partial charge is 0.490 e. The first-order valence-corrected chi connectivity index (χ1v) is 8.30. The van der Waals surface area contributed by atoms with Gasteiger partial charge < -0.3 is 15.2 Å². The average molecular weight is 419 g/mol. The summed E-state index contributed by atoms with van der Waals surface area (Å²) >= 11 is 15.3. The summed E-state index contributed by atoms with van der Waals surface area (Å²) in [6.45, 7) is 2.54. The van der Waals surface area contributed by atoms with Gasteiger partial charge in [-0.25, -0.2) is 0 Å². The maximum atomic E-state index is 11.3. The molecule has 0 aromatic heterocycles. The number of nitrogens with two attached hydrogens (primary N) is 1. The van der Waals surface area contributed by atoms with Gasteiger partial charge in [-0.1, -0.05) is 29.3 Å². The fraction of sp³-hybridized carbons (Fsp3) is 0.188. The van der Waals surface area contributed by atoms with Crippen LogP contribution in [0.25, 0.3) is 0 Å². The summed E-state index contributed by atoms with van der Waals surface area (Å²) in [6, 6.07) is 8.41. The molecule has 0 aliphatic carbocycles. The molecule has 2 N–H and O–H groups in total. The van der Waals surface area contributed by atoms with Gasteiger partial charge in [-0.05, 0) is 52.7 Å². The van der Waals surface area contributed by atoms with Crippen LogP contribution < -0.4 is 15.2 Å². The van der Waals surface area contributed by atoms with Crippen molar-refractivity contribution in [2.24, 2.45) is 5.73 Å². The first kappa shape index (κ1) is 17.9. The van der Waals surface area contributed by atoms with Gasteiger partial charge in [-0.15, -0.1) is 0 Å². The molecule has 4 nitrogen and oxygen atoms in total. The van der Waals surface area contributed by atoms with Gasteiger partial charge in [0.15, 0.2) is 11.5 Å². The summed E-state index contributed by atoms with van der Waals surface area (Å²) in [5.41, 5.74) is 6.50. The highest BCUT2D eigenvalue weighted by molar-refractivity contribution is 9.10. The first-order valence-electron chi connectivity index (χ1n) is 6.75. The Morgan fingerprint density at radius 3 is 2.52 bits per heavy atom. The third-order valence-corrected chi connectivity index (χ3v) is 4.29. The summed E-state index contributed by atoms with van der Waals surface area (Å²) in [7, 11) is 0. The molecule has 0 heterocycles. The summed E-state index contributed by atoms with van der Waals surface area (Å²) in [5.74, 6) is 0.390. The Labute approximate surface area is 152 Å². The molecule has 2 aromatic rings. The lowest BCUT2D eigenvalue weighted by Crippen LogP contribution is -2.12. The molecule has 0 saturated heterocycles. The van der Waals surface area contributed by atoms with Crippen LogP contribution in [-0.4, -0.2) is 12.5 Å². The van der Waals surface area contributed by atoms with E-state index in [2.05, 4.69) is 15.9 Å². The Balaban J connectivity index is 2.27. The minimum absolute atomic E-state index is 0.269. The van der Waals surface area contributed by atoms with Gasteiger partial charge in [-0.3, -0.25) is 4.79 Å². The fourth-order valence-electron chi connectivity index (χ4n) is 1.90. The molecule has 0 spiro atoms. The topological polar surface area (TPSA) is 61.5 Å². The van der Waals surface area contributed by atoms with E-state index >= 15 is 0 Å². The summed E-state index contributed by atoms with van der Waals surface area (Å²) in [5, 5.41) is 0.943. The molecule has 0 fully saturated rings. The lowest BCUT2D eigenvalue weighted by Gasteiger charge is -2.15. The molecule has 122 valence electrons. The molecule has 0 bridgehead atoms. The van der Waals surface area contributed by atoms with Crippen LogP contribution >= 0.6 is 39.1 Å². The van der Waals surface area contributed by atoms with Crippen molar-refractivity contribution in [3.05, 3.63) is 56.0 Å². The summed E-state index contributed by atoms with van der Waals surface area (Å²) in [6.07, 6.45) is 0. The molecule has 2 aromatic carbocycles. The van der Waals surface area contributed by atoms with Crippen LogP contribution in [-0.2, 0) is 6.61 Å². The van der Waals surface area contributed by atoms with Crippen LogP contribution in [0, 0.1) is 0 Å². The number of primary amides is 1. The number of rotatable bonds is 6. The number of benzene rings is 2. The van der Waals surface area contributed by atoms with Gasteiger partial charge in [0.1, 0.15) is 6.61 Å². The second-order valence-electron chi connectivity index (χ2n) is 4.62. The van der Waals surface area contributed by atoms with Crippen molar-refractivity contribution in [1.29, 1.82) is 0 Å². The van der Waals surface area contributed by atoms with Crippen molar-refractivity contribution >= 4 is 45.0 Å². The minimum atomic E-state index is -0.539. The minimum Gasteiger partial charge on any atom is -0.490 e. The fourth-order valence-corrected chi connectivity index (χ4v) is 2.78. The van der Waals surface area contributed by atoms with E-state index in [1.807, 2.05) is 13.0 Å². The Bertz CT molecular complexity index is 738. The molecule has 2 rings (SSSR count). The maximum absolute atomic E-state index is 11.3. The average Bonchev–Trinajstić information content (AvgIpc) is 2.49. The number of amides is 1. The molecule has 0 aliphatic heterocycles. The zero-order valence-corrected chi connectivity index (χ0v) is 15.3. The highest BCUT2D eigenvalue weighted by atomic mass is 79.9. The number of carbonyl (C=O) groups excluding carboxylic acids is 1. The van der Waals surface area contributed by atoms with Crippen LogP contribution in [0.4, 0.5) is 0 Å². The van der Waals surface area contributed by atoms with Gasteiger partial charge in [0.2, 0.25) is 5.91 Å². The molecule has 23 heavy (non-hydrogen) atoms. The van der Waals surface area contributed by atoms with Gasteiger partial charge in [0, 0.05) is 5.56 Å². The molecule has 0 radical (unpaired) electrons. The van der Waals surface area contributed by atoms with E-state index in [4.69, 9.17) is 38.4 Å². The number of hydrogen-bond acceptors (Lipinski definition) is 3. The molecule has 0 unspecified atom stereocenters. The van der Waals surface area contributed by atoms with Gasteiger partial charge in [0.05, 0.1) is 21.1 Å². The predicted octanol–water partition coefficient (Wildman–Crippen LogP) is 4.83. The van der Waals surface area contributed by atoms with E-state index in [1.54, 1.807) is 24.3 Å². The van der Waals surface area contributed by atoms with E-state index in [0.717, 1.165) is 5.56 Å². The number of hydrogen-bond donors (Lipinski definition) is 1. The van der Waals surface area contributed by atoms with E-state index in [-0.39, 0.29) is 6.61 Å². The van der Waals surface area contributed by atoms with Crippen LogP contribution in [0.3, 0.4) is 0 Å². The lowest BCUT2D eigenvalue weighted by molar-refractivity contribution is 0.0999. The molecule has 0 aliphatic rings. The quantitative estimate of drug-likeness (QED) is 0.730. The third-order valence-electron chi connectivity index (χ3n) is 2.96. The normalized spacial score (nSPS) is 10.4. The Morgan fingerprint density at radius 2 is 1.91 bits per heavy atom. The first-order chi connectivity index (χ1) is 10.9. The number of halogens is 3. The molecule has 1 amide bonds. The van der Waals surface area contributed by atoms with E-state index in [1.165, 1.54) is 0 Å². The smallest absolute Gasteiger partial charge is 0.248 e. The van der Waals surface area contributed by atoms with E-state index in [9.17, 15) is 4.79 Å². The van der Waals surface area contributed by atoms with Gasteiger partial charge >= 0.3 is 0 Å². The molecule has 0 atom stereocenters. The Hall–Kier alpha value is -1.43. The van der Waals surface area contributed by atoms with Crippen molar-refractivity contribution in [2.45, 2.75) is 13.5 Å². The van der Waals surface area contributed by atoms with Gasteiger partial charge in [-0.2, -0.15) is 0 Å². The van der Waals surface area contributed by atoms with Crippen LogP contribution in [0.2, 0.25) is 10.0 Å². The SMILES string of the molecule is CCOc1cc(C(N)=O)cc(Br)c1OCc1ccc(Cl)c(Cl)c1.